The first-order chi connectivity index (χ1) is 20.8. The molecule has 0 amide bonds. The van der Waals surface area contributed by atoms with Gasteiger partial charge in [0.25, 0.3) is 0 Å². The summed E-state index contributed by atoms with van der Waals surface area (Å²) in [6.45, 7) is 0. The zero-order chi connectivity index (χ0) is 28.3. The minimum Gasteiger partial charge on any atom is -0.208 e. The lowest BCUT2D eigenvalue weighted by atomic mass is 9.93. The molecule has 7 rings (SSSR count). The Balaban J connectivity index is 1.26. The molecule has 0 unspecified atom stereocenters. The standard InChI is InChI=1S/C38H24N4/c39-25-32-14-7-8-16-33(32)35-17-9-15-31-24-30(22-23-34(31)35)26-18-20-29(21-19-26)38-41-36(27-10-3-1-4-11-27)40-37(42-38)28-12-5-2-6-13-28/h1-24H. The fourth-order valence-electron chi connectivity index (χ4n) is 5.26. The number of rotatable bonds is 5. The summed E-state index contributed by atoms with van der Waals surface area (Å²) in [5.74, 6) is 1.92. The van der Waals surface area contributed by atoms with Crippen LogP contribution in [0.4, 0.5) is 0 Å². The summed E-state index contributed by atoms with van der Waals surface area (Å²) in [5, 5.41) is 11.9. The summed E-state index contributed by atoms with van der Waals surface area (Å²) in [6, 6.07) is 51.2. The molecule has 1 heterocycles. The zero-order valence-corrected chi connectivity index (χ0v) is 22.6. The molecule has 0 saturated carbocycles. The van der Waals surface area contributed by atoms with E-state index in [1.807, 2.05) is 91.0 Å². The van der Waals surface area contributed by atoms with Crippen molar-refractivity contribution in [2.24, 2.45) is 0 Å². The van der Waals surface area contributed by atoms with E-state index in [1.54, 1.807) is 0 Å². The average Bonchev–Trinajstić information content (AvgIpc) is 3.08. The van der Waals surface area contributed by atoms with Crippen molar-refractivity contribution in [2.75, 3.05) is 0 Å². The lowest BCUT2D eigenvalue weighted by Gasteiger charge is -2.11. The Kier molecular flexibility index (Phi) is 6.52. The first kappa shape index (κ1) is 25.1. The van der Waals surface area contributed by atoms with E-state index in [2.05, 4.69) is 60.7 Å². The fourth-order valence-corrected chi connectivity index (χ4v) is 5.26. The van der Waals surface area contributed by atoms with Crippen LogP contribution in [0.2, 0.25) is 0 Å². The lowest BCUT2D eigenvalue weighted by Crippen LogP contribution is -2.00. The third kappa shape index (κ3) is 4.81. The van der Waals surface area contributed by atoms with Crippen LogP contribution in [-0.4, -0.2) is 15.0 Å². The first-order valence-corrected chi connectivity index (χ1v) is 13.8. The van der Waals surface area contributed by atoms with Crippen molar-refractivity contribution in [3.63, 3.8) is 0 Å². The van der Waals surface area contributed by atoms with Gasteiger partial charge in [0.2, 0.25) is 0 Å². The van der Waals surface area contributed by atoms with Gasteiger partial charge in [0.05, 0.1) is 11.6 Å². The second-order valence-corrected chi connectivity index (χ2v) is 10.0. The van der Waals surface area contributed by atoms with E-state index in [-0.39, 0.29) is 0 Å². The van der Waals surface area contributed by atoms with E-state index >= 15 is 0 Å². The molecule has 0 atom stereocenters. The molecule has 1 aromatic heterocycles. The summed E-state index contributed by atoms with van der Waals surface area (Å²) < 4.78 is 0. The normalized spacial score (nSPS) is 10.8. The van der Waals surface area contributed by atoms with Gasteiger partial charge in [0.1, 0.15) is 0 Å². The van der Waals surface area contributed by atoms with Gasteiger partial charge >= 0.3 is 0 Å². The van der Waals surface area contributed by atoms with Gasteiger partial charge in [0, 0.05) is 22.3 Å². The number of hydrogen-bond donors (Lipinski definition) is 0. The van der Waals surface area contributed by atoms with Crippen molar-refractivity contribution in [1.82, 2.24) is 15.0 Å². The Bertz CT molecular complexity index is 2020. The molecule has 0 saturated heterocycles. The van der Waals surface area contributed by atoms with Crippen LogP contribution in [0.15, 0.2) is 146 Å². The van der Waals surface area contributed by atoms with E-state index in [0.717, 1.165) is 49.7 Å². The predicted octanol–water partition coefficient (Wildman–Crippen LogP) is 9.23. The quantitative estimate of drug-likeness (QED) is 0.220. The predicted molar refractivity (Wildman–Crippen MR) is 169 cm³/mol. The minimum atomic E-state index is 0.633. The van der Waals surface area contributed by atoms with Crippen molar-refractivity contribution in [3.05, 3.63) is 151 Å². The molecule has 4 nitrogen and oxygen atoms in total. The Morgan fingerprint density at radius 3 is 1.52 bits per heavy atom. The Labute approximate surface area is 244 Å². The Hall–Kier alpha value is -5.92. The minimum absolute atomic E-state index is 0.633. The largest absolute Gasteiger partial charge is 0.208 e. The summed E-state index contributed by atoms with van der Waals surface area (Å²) >= 11 is 0. The summed E-state index contributed by atoms with van der Waals surface area (Å²) in [6.07, 6.45) is 0. The molecular weight excluding hydrogens is 512 g/mol. The first-order valence-electron chi connectivity index (χ1n) is 13.8. The van der Waals surface area contributed by atoms with Gasteiger partial charge in [-0.1, -0.05) is 133 Å². The van der Waals surface area contributed by atoms with E-state index in [1.165, 1.54) is 0 Å². The SMILES string of the molecule is N#Cc1ccccc1-c1cccc2cc(-c3ccc(-c4nc(-c5ccccc5)nc(-c5ccccc5)n4)cc3)ccc12. The van der Waals surface area contributed by atoms with Crippen LogP contribution in [0.25, 0.3) is 67.2 Å². The van der Waals surface area contributed by atoms with Crippen molar-refractivity contribution in [1.29, 1.82) is 5.26 Å². The summed E-state index contributed by atoms with van der Waals surface area (Å²) in [5.41, 5.74) is 7.72. The molecule has 0 radical (unpaired) electrons. The Morgan fingerprint density at radius 1 is 0.405 bits per heavy atom. The van der Waals surface area contributed by atoms with Crippen LogP contribution < -0.4 is 0 Å². The van der Waals surface area contributed by atoms with Crippen molar-refractivity contribution in [3.8, 4) is 62.5 Å². The van der Waals surface area contributed by atoms with Gasteiger partial charge in [-0.15, -0.1) is 0 Å². The second kappa shape index (κ2) is 10.9. The summed E-state index contributed by atoms with van der Waals surface area (Å²) in [7, 11) is 0. The van der Waals surface area contributed by atoms with E-state index in [9.17, 15) is 5.26 Å². The second-order valence-electron chi connectivity index (χ2n) is 10.0. The monoisotopic (exact) mass is 536 g/mol. The van der Waals surface area contributed by atoms with Crippen LogP contribution in [0.1, 0.15) is 5.56 Å². The smallest absolute Gasteiger partial charge is 0.164 e. The Morgan fingerprint density at radius 2 is 0.905 bits per heavy atom. The third-order valence-electron chi connectivity index (χ3n) is 7.39. The molecule has 7 aromatic rings. The zero-order valence-electron chi connectivity index (χ0n) is 22.6. The number of nitrogens with zero attached hydrogens (tertiary/aromatic N) is 4. The molecular formula is C38H24N4. The molecule has 0 N–H and O–H groups in total. The molecule has 0 spiro atoms. The van der Waals surface area contributed by atoms with Crippen molar-refractivity contribution < 1.29 is 0 Å². The van der Waals surface area contributed by atoms with Gasteiger partial charge in [-0.05, 0) is 39.6 Å². The highest BCUT2D eigenvalue weighted by Crippen LogP contribution is 2.34. The molecule has 0 aliphatic rings. The van der Waals surface area contributed by atoms with Crippen LogP contribution in [0, 0.1) is 11.3 Å². The molecule has 0 bridgehead atoms. The highest BCUT2D eigenvalue weighted by molar-refractivity contribution is 5.99. The molecule has 6 aromatic carbocycles. The van der Waals surface area contributed by atoms with Gasteiger partial charge < -0.3 is 0 Å². The van der Waals surface area contributed by atoms with Crippen LogP contribution >= 0.6 is 0 Å². The number of nitriles is 1. The molecule has 196 valence electrons. The van der Waals surface area contributed by atoms with Gasteiger partial charge in [0.15, 0.2) is 17.5 Å². The maximum atomic E-state index is 9.63. The highest BCUT2D eigenvalue weighted by atomic mass is 15.0. The van der Waals surface area contributed by atoms with Gasteiger partial charge in [-0.25, -0.2) is 15.0 Å². The van der Waals surface area contributed by atoms with E-state index in [0.29, 0.717) is 23.0 Å². The number of benzene rings is 6. The fraction of sp³-hybridized carbons (Fsp3) is 0. The van der Waals surface area contributed by atoms with E-state index < -0.39 is 0 Å². The van der Waals surface area contributed by atoms with Gasteiger partial charge in [-0.2, -0.15) is 5.26 Å². The number of aromatic nitrogens is 3. The van der Waals surface area contributed by atoms with Gasteiger partial charge in [-0.3, -0.25) is 0 Å². The summed E-state index contributed by atoms with van der Waals surface area (Å²) in [4.78, 5) is 14.5. The average molecular weight is 537 g/mol. The molecule has 4 heteroatoms. The molecule has 42 heavy (non-hydrogen) atoms. The highest BCUT2D eigenvalue weighted by Gasteiger charge is 2.13. The number of hydrogen-bond acceptors (Lipinski definition) is 4. The van der Waals surface area contributed by atoms with Crippen LogP contribution in [-0.2, 0) is 0 Å². The van der Waals surface area contributed by atoms with E-state index in [4.69, 9.17) is 15.0 Å². The topological polar surface area (TPSA) is 62.5 Å². The molecule has 0 fully saturated rings. The third-order valence-corrected chi connectivity index (χ3v) is 7.39. The van der Waals surface area contributed by atoms with Crippen molar-refractivity contribution in [2.45, 2.75) is 0 Å². The maximum Gasteiger partial charge on any atom is 0.164 e. The number of fused-ring (bicyclic) bond motifs is 1. The molecule has 0 aliphatic carbocycles. The molecule has 0 aliphatic heterocycles. The lowest BCUT2D eigenvalue weighted by molar-refractivity contribution is 1.07. The van der Waals surface area contributed by atoms with Crippen molar-refractivity contribution >= 4 is 10.8 Å². The maximum absolute atomic E-state index is 9.63. The van der Waals surface area contributed by atoms with Crippen LogP contribution in [0.3, 0.4) is 0 Å². The van der Waals surface area contributed by atoms with Crippen LogP contribution in [0.5, 0.6) is 0 Å².